The molecule has 6 heteroatoms. The van der Waals surface area contributed by atoms with E-state index in [9.17, 15) is 19.7 Å². The van der Waals surface area contributed by atoms with E-state index in [1.807, 2.05) is 0 Å². The van der Waals surface area contributed by atoms with Crippen LogP contribution in [-0.2, 0) is 14.3 Å². The molecule has 1 saturated heterocycles. The predicted molar refractivity (Wildman–Crippen MR) is 81.6 cm³/mol. The Morgan fingerprint density at radius 1 is 1.22 bits per heavy atom. The molecule has 1 aliphatic carbocycles. The second kappa shape index (κ2) is 5.15. The monoisotopic (exact) mass is 317 g/mol. The van der Waals surface area contributed by atoms with Gasteiger partial charge in [-0.05, 0) is 26.7 Å². The van der Waals surface area contributed by atoms with E-state index in [-0.39, 0.29) is 11.5 Å². The molecule has 1 aliphatic heterocycles. The summed E-state index contributed by atoms with van der Waals surface area (Å²) >= 11 is 0. The van der Waals surface area contributed by atoms with Gasteiger partial charge in [0.05, 0.1) is 10.3 Å². The molecule has 1 unspecified atom stereocenters. The van der Waals surface area contributed by atoms with Gasteiger partial charge < -0.3 is 4.74 Å². The highest BCUT2D eigenvalue weighted by atomic mass is 16.6. The molecule has 23 heavy (non-hydrogen) atoms. The Labute approximate surface area is 134 Å². The number of non-ortho nitro benzene ring substituents is 1. The summed E-state index contributed by atoms with van der Waals surface area (Å²) in [6, 6.07) is 6.05. The van der Waals surface area contributed by atoms with Gasteiger partial charge in [-0.1, -0.05) is 25.0 Å². The van der Waals surface area contributed by atoms with Gasteiger partial charge in [-0.25, -0.2) is 0 Å². The molecular weight excluding hydrogens is 298 g/mol. The van der Waals surface area contributed by atoms with Crippen LogP contribution in [0.5, 0.6) is 0 Å². The molecule has 1 spiro atoms. The number of carbonyl (C=O) groups excluding carboxylic acids is 2. The van der Waals surface area contributed by atoms with Crippen molar-refractivity contribution in [1.82, 2.24) is 0 Å². The average molecular weight is 317 g/mol. The molecule has 122 valence electrons. The maximum absolute atomic E-state index is 13.0. The number of cyclic esters (lactones) is 1. The van der Waals surface area contributed by atoms with Gasteiger partial charge in [0.2, 0.25) is 0 Å². The number of hydrogen-bond acceptors (Lipinski definition) is 5. The summed E-state index contributed by atoms with van der Waals surface area (Å²) in [7, 11) is 0. The second-order valence-corrected chi connectivity index (χ2v) is 6.95. The first-order valence-electron chi connectivity index (χ1n) is 7.79. The van der Waals surface area contributed by atoms with E-state index >= 15 is 0 Å². The fourth-order valence-corrected chi connectivity index (χ4v) is 3.88. The third-order valence-corrected chi connectivity index (χ3v) is 5.14. The lowest BCUT2D eigenvalue weighted by molar-refractivity contribution is -0.385. The number of ether oxygens (including phenoxy) is 1. The molecule has 0 amide bonds. The molecule has 1 aromatic rings. The number of benzene rings is 1. The van der Waals surface area contributed by atoms with Gasteiger partial charge in [0.1, 0.15) is 11.5 Å². The fourth-order valence-electron chi connectivity index (χ4n) is 3.88. The van der Waals surface area contributed by atoms with Gasteiger partial charge in [0.15, 0.2) is 5.78 Å². The minimum absolute atomic E-state index is 0.0658. The molecule has 1 aromatic carbocycles. The van der Waals surface area contributed by atoms with Crippen molar-refractivity contribution in [2.75, 3.05) is 0 Å². The standard InChI is InChI=1S/C17H19NO5/c1-16(2)14(19)17(8-3-4-9-17)13(23-15(16)20)11-6-5-7-12(10-11)18(21)22/h5-7,10,13H,3-4,8-9H2,1-2H3. The number of nitro benzene ring substituents is 1. The second-order valence-electron chi connectivity index (χ2n) is 6.95. The number of Topliss-reactive ketones (excluding diaryl/α,β-unsaturated/α-hetero) is 1. The van der Waals surface area contributed by atoms with Crippen LogP contribution in [0, 0.1) is 20.9 Å². The number of esters is 1. The summed E-state index contributed by atoms with van der Waals surface area (Å²) in [5.41, 5.74) is -1.46. The van der Waals surface area contributed by atoms with Crippen LogP contribution in [0.15, 0.2) is 24.3 Å². The van der Waals surface area contributed by atoms with Crippen LogP contribution < -0.4 is 0 Å². The van der Waals surface area contributed by atoms with Gasteiger partial charge in [-0.2, -0.15) is 0 Å². The molecule has 0 radical (unpaired) electrons. The minimum Gasteiger partial charge on any atom is -0.456 e. The summed E-state index contributed by atoms with van der Waals surface area (Å²) in [5.74, 6) is -0.660. The van der Waals surface area contributed by atoms with Crippen molar-refractivity contribution in [2.24, 2.45) is 10.8 Å². The summed E-state index contributed by atoms with van der Waals surface area (Å²) < 4.78 is 5.65. The number of nitrogens with zero attached hydrogens (tertiary/aromatic N) is 1. The van der Waals surface area contributed by atoms with Crippen molar-refractivity contribution in [1.29, 1.82) is 0 Å². The van der Waals surface area contributed by atoms with E-state index in [0.717, 1.165) is 12.8 Å². The fraction of sp³-hybridized carbons (Fsp3) is 0.529. The normalized spacial score (nSPS) is 25.4. The number of hydrogen-bond donors (Lipinski definition) is 0. The van der Waals surface area contributed by atoms with Crippen LogP contribution in [0.3, 0.4) is 0 Å². The van der Waals surface area contributed by atoms with Gasteiger partial charge >= 0.3 is 5.97 Å². The van der Waals surface area contributed by atoms with Crippen molar-refractivity contribution in [3.8, 4) is 0 Å². The number of carbonyl (C=O) groups is 2. The predicted octanol–water partition coefficient (Wildman–Crippen LogP) is 3.35. The van der Waals surface area contributed by atoms with E-state index in [0.29, 0.717) is 18.4 Å². The zero-order valence-electron chi connectivity index (χ0n) is 13.2. The molecule has 0 N–H and O–H groups in total. The summed E-state index contributed by atoms with van der Waals surface area (Å²) in [6.07, 6.45) is 2.35. The highest BCUT2D eigenvalue weighted by molar-refractivity contribution is 6.08. The van der Waals surface area contributed by atoms with E-state index < -0.39 is 27.8 Å². The lowest BCUT2D eigenvalue weighted by atomic mass is 9.64. The highest BCUT2D eigenvalue weighted by Gasteiger charge is 2.61. The Morgan fingerprint density at radius 2 is 1.87 bits per heavy atom. The number of rotatable bonds is 2. The van der Waals surface area contributed by atoms with E-state index in [2.05, 4.69) is 0 Å². The van der Waals surface area contributed by atoms with Crippen molar-refractivity contribution in [3.63, 3.8) is 0 Å². The lowest BCUT2D eigenvalue weighted by Gasteiger charge is -2.45. The largest absolute Gasteiger partial charge is 0.456 e. The molecule has 2 aliphatic rings. The topological polar surface area (TPSA) is 86.5 Å². The third kappa shape index (κ3) is 2.24. The van der Waals surface area contributed by atoms with Crippen LogP contribution in [0.2, 0.25) is 0 Å². The first-order chi connectivity index (χ1) is 10.8. The van der Waals surface area contributed by atoms with Gasteiger partial charge in [-0.3, -0.25) is 19.7 Å². The maximum atomic E-state index is 13.0. The number of nitro groups is 1. The Morgan fingerprint density at radius 3 is 2.48 bits per heavy atom. The molecule has 1 atom stereocenters. The average Bonchev–Trinajstić information content (AvgIpc) is 3.00. The molecular formula is C17H19NO5. The SMILES string of the molecule is CC1(C)C(=O)OC(c2cccc([N+](=O)[O-])c2)C2(CCCC2)C1=O. The van der Waals surface area contributed by atoms with Gasteiger partial charge in [0.25, 0.3) is 5.69 Å². The molecule has 0 aromatic heterocycles. The minimum atomic E-state index is -1.17. The van der Waals surface area contributed by atoms with E-state index in [4.69, 9.17) is 4.74 Å². The van der Waals surface area contributed by atoms with E-state index in [1.54, 1.807) is 26.0 Å². The van der Waals surface area contributed by atoms with Crippen LogP contribution in [0.25, 0.3) is 0 Å². The smallest absolute Gasteiger partial charge is 0.319 e. The lowest BCUT2D eigenvalue weighted by Crippen LogP contribution is -2.53. The zero-order valence-corrected chi connectivity index (χ0v) is 13.2. The Balaban J connectivity index is 2.10. The van der Waals surface area contributed by atoms with Crippen LogP contribution in [-0.4, -0.2) is 16.7 Å². The highest BCUT2D eigenvalue weighted by Crippen LogP contribution is 2.56. The van der Waals surface area contributed by atoms with Crippen molar-refractivity contribution < 1.29 is 19.2 Å². The Kier molecular flexibility index (Phi) is 3.50. The van der Waals surface area contributed by atoms with Gasteiger partial charge in [0, 0.05) is 17.7 Å². The van der Waals surface area contributed by atoms with E-state index in [1.165, 1.54) is 12.1 Å². The molecule has 1 saturated carbocycles. The number of ketones is 1. The molecule has 6 nitrogen and oxygen atoms in total. The quantitative estimate of drug-likeness (QED) is 0.361. The maximum Gasteiger partial charge on any atom is 0.319 e. The van der Waals surface area contributed by atoms with Crippen LogP contribution >= 0.6 is 0 Å². The zero-order chi connectivity index (χ0) is 16.8. The van der Waals surface area contributed by atoms with Gasteiger partial charge in [-0.15, -0.1) is 0 Å². The summed E-state index contributed by atoms with van der Waals surface area (Å²) in [5, 5.41) is 11.0. The summed E-state index contributed by atoms with van der Waals surface area (Å²) in [6.45, 7) is 3.20. The Bertz CT molecular complexity index is 688. The van der Waals surface area contributed by atoms with Crippen LogP contribution in [0.1, 0.15) is 51.2 Å². The first-order valence-corrected chi connectivity index (χ1v) is 7.79. The molecule has 3 rings (SSSR count). The Hall–Kier alpha value is -2.24. The van der Waals surface area contributed by atoms with Crippen molar-refractivity contribution in [3.05, 3.63) is 39.9 Å². The van der Waals surface area contributed by atoms with Crippen molar-refractivity contribution >= 4 is 17.4 Å². The third-order valence-electron chi connectivity index (χ3n) is 5.14. The molecule has 2 fully saturated rings. The molecule has 1 heterocycles. The van der Waals surface area contributed by atoms with Crippen LogP contribution in [0.4, 0.5) is 5.69 Å². The first kappa shape index (κ1) is 15.6. The summed E-state index contributed by atoms with van der Waals surface area (Å²) in [4.78, 5) is 35.9. The van der Waals surface area contributed by atoms with Crippen molar-refractivity contribution in [2.45, 2.75) is 45.6 Å². The molecule has 0 bridgehead atoms.